The van der Waals surface area contributed by atoms with Crippen LogP contribution in [0.3, 0.4) is 0 Å². The van der Waals surface area contributed by atoms with Crippen molar-refractivity contribution in [3.63, 3.8) is 0 Å². The molecule has 0 aliphatic carbocycles. The number of aromatic nitrogens is 2. The van der Waals surface area contributed by atoms with Gasteiger partial charge >= 0.3 is 0 Å². The van der Waals surface area contributed by atoms with Crippen molar-refractivity contribution in [1.82, 2.24) is 0 Å². The lowest BCUT2D eigenvalue weighted by molar-refractivity contribution is -0.642. The first-order valence-corrected chi connectivity index (χ1v) is 9.62. The van der Waals surface area contributed by atoms with E-state index in [1.54, 1.807) is 6.20 Å². The average molecular weight is 381 g/mol. The molecular weight excluding hydrogens is 351 g/mol. The predicted molar refractivity (Wildman–Crippen MR) is 111 cm³/mol. The van der Waals surface area contributed by atoms with Gasteiger partial charge in [0.05, 0.1) is 5.69 Å². The van der Waals surface area contributed by atoms with E-state index >= 15 is 0 Å². The highest BCUT2D eigenvalue weighted by molar-refractivity contribution is 5.46. The van der Waals surface area contributed by atoms with E-state index in [0.717, 1.165) is 22.6 Å². The number of anilines is 2. The molecule has 4 N–H and O–H groups in total. The standard InChI is InChI=1S/C23H29FN4/c1-14(2)22-19(24)10-17(25)12-28(22)21-11-18(26)13-27(23(21)15(3)4)20-9-7-6-8-16(20)5/h6-15H,25-26H2,1-5H3/q+2. The molecular formula is C23H29FN4+2. The third-order valence-corrected chi connectivity index (χ3v) is 4.91. The van der Waals surface area contributed by atoms with E-state index in [0.29, 0.717) is 17.1 Å². The molecule has 2 aromatic heterocycles. The summed E-state index contributed by atoms with van der Waals surface area (Å²) < 4.78 is 18.8. The normalized spacial score (nSPS) is 11.4. The average Bonchev–Trinajstić information content (AvgIpc) is 2.59. The van der Waals surface area contributed by atoms with Crippen molar-refractivity contribution < 1.29 is 13.5 Å². The first-order chi connectivity index (χ1) is 13.2. The highest BCUT2D eigenvalue weighted by Gasteiger charge is 2.33. The summed E-state index contributed by atoms with van der Waals surface area (Å²) in [7, 11) is 0. The second kappa shape index (κ2) is 7.58. The number of hydrogen-bond acceptors (Lipinski definition) is 2. The highest BCUT2D eigenvalue weighted by Crippen LogP contribution is 2.24. The molecule has 2 heterocycles. The Morgan fingerprint density at radius 2 is 1.32 bits per heavy atom. The zero-order chi connectivity index (χ0) is 20.6. The zero-order valence-electron chi connectivity index (χ0n) is 17.2. The van der Waals surface area contributed by atoms with Crippen LogP contribution in [0, 0.1) is 12.7 Å². The van der Waals surface area contributed by atoms with Crippen LogP contribution in [0.15, 0.2) is 48.8 Å². The van der Waals surface area contributed by atoms with Gasteiger partial charge in [0.15, 0.2) is 18.2 Å². The molecule has 0 fully saturated rings. The minimum absolute atomic E-state index is 0.0195. The van der Waals surface area contributed by atoms with Gasteiger partial charge in [0.25, 0.3) is 11.4 Å². The van der Waals surface area contributed by atoms with E-state index in [4.69, 9.17) is 11.5 Å². The van der Waals surface area contributed by atoms with Gasteiger partial charge in [-0.25, -0.2) is 0 Å². The molecule has 5 heteroatoms. The maximum atomic E-state index is 14.8. The van der Waals surface area contributed by atoms with Crippen molar-refractivity contribution in [1.29, 1.82) is 0 Å². The second-order valence-electron chi connectivity index (χ2n) is 7.89. The molecule has 4 nitrogen and oxygen atoms in total. The van der Waals surface area contributed by atoms with Crippen LogP contribution in [-0.4, -0.2) is 0 Å². The minimum atomic E-state index is -0.311. The molecule has 0 radical (unpaired) electrons. The van der Waals surface area contributed by atoms with E-state index < -0.39 is 0 Å². The van der Waals surface area contributed by atoms with Gasteiger partial charge in [-0.2, -0.15) is 13.5 Å². The molecule has 0 bridgehead atoms. The van der Waals surface area contributed by atoms with Crippen LogP contribution >= 0.6 is 0 Å². The quantitative estimate of drug-likeness (QED) is 0.670. The van der Waals surface area contributed by atoms with E-state index in [-0.39, 0.29) is 17.7 Å². The molecule has 0 unspecified atom stereocenters. The number of halogens is 1. The molecule has 0 aliphatic heterocycles. The van der Waals surface area contributed by atoms with Crippen LogP contribution in [0.5, 0.6) is 0 Å². The monoisotopic (exact) mass is 380 g/mol. The third kappa shape index (κ3) is 3.57. The number of benzene rings is 1. The number of hydrogen-bond donors (Lipinski definition) is 2. The highest BCUT2D eigenvalue weighted by atomic mass is 19.1. The Morgan fingerprint density at radius 3 is 1.89 bits per heavy atom. The van der Waals surface area contributed by atoms with Crippen LogP contribution in [0.1, 0.15) is 56.5 Å². The Kier molecular flexibility index (Phi) is 5.36. The molecule has 0 saturated carbocycles. The fourth-order valence-corrected chi connectivity index (χ4v) is 3.76. The fourth-order valence-electron chi connectivity index (χ4n) is 3.76. The molecule has 0 saturated heterocycles. The van der Waals surface area contributed by atoms with Gasteiger partial charge in [0.1, 0.15) is 5.69 Å². The van der Waals surface area contributed by atoms with Crippen LogP contribution < -0.4 is 20.6 Å². The van der Waals surface area contributed by atoms with Crippen molar-refractivity contribution in [2.45, 2.75) is 46.5 Å². The minimum Gasteiger partial charge on any atom is -0.394 e. The van der Waals surface area contributed by atoms with Crippen LogP contribution in [0.2, 0.25) is 0 Å². The topological polar surface area (TPSA) is 59.8 Å². The molecule has 3 rings (SSSR count). The third-order valence-electron chi connectivity index (χ3n) is 4.91. The molecule has 0 amide bonds. The van der Waals surface area contributed by atoms with Crippen LogP contribution in [-0.2, 0) is 0 Å². The zero-order valence-corrected chi connectivity index (χ0v) is 17.2. The van der Waals surface area contributed by atoms with Gasteiger partial charge in [-0.3, -0.25) is 0 Å². The molecule has 146 valence electrons. The summed E-state index contributed by atoms with van der Waals surface area (Å²) in [6.07, 6.45) is 3.71. The van der Waals surface area contributed by atoms with E-state index in [9.17, 15) is 4.39 Å². The Hall–Kier alpha value is -2.95. The lowest BCUT2D eigenvalue weighted by atomic mass is 10.0. The largest absolute Gasteiger partial charge is 0.394 e. The maximum absolute atomic E-state index is 14.8. The Labute approximate surface area is 166 Å². The SMILES string of the molecule is Cc1ccccc1-[n+]1cc(N)cc(-[n+]2cc(N)cc(F)c2C(C)C)c1C(C)C. The number of aryl methyl sites for hydroxylation is 1. The van der Waals surface area contributed by atoms with Crippen molar-refractivity contribution in [2.75, 3.05) is 11.5 Å². The summed E-state index contributed by atoms with van der Waals surface area (Å²) in [6, 6.07) is 11.4. The van der Waals surface area contributed by atoms with E-state index in [1.165, 1.54) is 6.07 Å². The Bertz CT molecular complexity index is 1030. The summed E-state index contributed by atoms with van der Waals surface area (Å²) in [4.78, 5) is 0. The van der Waals surface area contributed by atoms with Gasteiger partial charge in [-0.1, -0.05) is 45.9 Å². The van der Waals surface area contributed by atoms with Gasteiger partial charge in [0, 0.05) is 35.6 Å². The number of nitrogen functional groups attached to an aromatic ring is 2. The van der Waals surface area contributed by atoms with Gasteiger partial charge in [-0.15, -0.1) is 0 Å². The molecule has 28 heavy (non-hydrogen) atoms. The van der Waals surface area contributed by atoms with Gasteiger partial charge in [-0.05, 0) is 6.92 Å². The van der Waals surface area contributed by atoms with Crippen molar-refractivity contribution in [2.24, 2.45) is 0 Å². The maximum Gasteiger partial charge on any atom is 0.281 e. The van der Waals surface area contributed by atoms with E-state index in [1.807, 2.05) is 42.8 Å². The molecule has 0 atom stereocenters. The second-order valence-corrected chi connectivity index (χ2v) is 7.89. The molecule has 3 aromatic rings. The number of nitrogens with two attached hydrogens (primary N) is 2. The van der Waals surface area contributed by atoms with Crippen molar-refractivity contribution in [3.05, 3.63) is 71.6 Å². The lowest BCUT2D eigenvalue weighted by Gasteiger charge is -2.14. The smallest absolute Gasteiger partial charge is 0.281 e. The van der Waals surface area contributed by atoms with Crippen molar-refractivity contribution >= 4 is 11.4 Å². The fraction of sp³-hybridized carbons (Fsp3) is 0.304. The summed E-state index contributed by atoms with van der Waals surface area (Å²) >= 11 is 0. The Balaban J connectivity index is 2.43. The summed E-state index contributed by atoms with van der Waals surface area (Å²) in [5.74, 6) is -0.157. The van der Waals surface area contributed by atoms with E-state index in [2.05, 4.69) is 37.5 Å². The predicted octanol–water partition coefficient (Wildman–Crippen LogP) is 4.10. The van der Waals surface area contributed by atoms with Crippen molar-refractivity contribution in [3.8, 4) is 11.4 Å². The van der Waals surface area contributed by atoms with Gasteiger partial charge < -0.3 is 11.5 Å². The molecule has 0 aliphatic rings. The lowest BCUT2D eigenvalue weighted by Crippen LogP contribution is -2.46. The van der Waals surface area contributed by atoms with Crippen LogP contribution in [0.4, 0.5) is 15.8 Å². The number of pyridine rings is 2. The summed E-state index contributed by atoms with van der Waals surface area (Å²) in [5, 5.41) is 0. The Morgan fingerprint density at radius 1 is 0.786 bits per heavy atom. The number of rotatable bonds is 4. The molecule has 0 spiro atoms. The molecule has 1 aromatic carbocycles. The first-order valence-electron chi connectivity index (χ1n) is 9.62. The number of para-hydroxylation sites is 1. The van der Waals surface area contributed by atoms with Crippen LogP contribution in [0.25, 0.3) is 11.4 Å². The first kappa shape index (κ1) is 19.8. The summed E-state index contributed by atoms with van der Waals surface area (Å²) in [6.45, 7) is 10.3. The van der Waals surface area contributed by atoms with Gasteiger partial charge in [0.2, 0.25) is 11.4 Å². The number of nitrogens with zero attached hydrogens (tertiary/aromatic N) is 2. The summed E-state index contributed by atoms with van der Waals surface area (Å²) in [5.41, 5.74) is 17.9.